The van der Waals surface area contributed by atoms with Gasteiger partial charge in [0.1, 0.15) is 48.5 Å². The molecular weight excluding hydrogens is 1540 g/mol. The number of carbonyl (C=O) groups is 9. The molecule has 9 rings (SSSR count). The van der Waals surface area contributed by atoms with E-state index in [4.69, 9.17) is 82.0 Å². The molecule has 6 aromatic rings. The van der Waals surface area contributed by atoms with Gasteiger partial charge >= 0.3 is 24.2 Å². The molecule has 9 amide bonds. The number of aliphatic carboxylic acids is 1. The second kappa shape index (κ2) is 43.4. The highest BCUT2D eigenvalue weighted by Crippen LogP contribution is 2.49. The molecule has 36 heteroatoms. The van der Waals surface area contributed by atoms with Crippen LogP contribution in [-0.2, 0) is 63.7 Å². The molecule has 9 unspecified atom stereocenters. The van der Waals surface area contributed by atoms with Crippen molar-refractivity contribution in [2.24, 2.45) is 17.4 Å². The Balaban J connectivity index is 0.740. The number of benzene rings is 5. The van der Waals surface area contributed by atoms with Crippen molar-refractivity contribution in [2.45, 2.75) is 94.3 Å². The van der Waals surface area contributed by atoms with Crippen LogP contribution in [0.1, 0.15) is 81.0 Å². The summed E-state index contributed by atoms with van der Waals surface area (Å²) in [5.74, 6) is -4.84. The lowest BCUT2D eigenvalue weighted by atomic mass is 9.95. The first kappa shape index (κ1) is 87.8. The van der Waals surface area contributed by atoms with E-state index in [0.717, 1.165) is 16.9 Å². The quantitative estimate of drug-likeness (QED) is 0.0168. The molecule has 0 spiro atoms. The maximum Gasteiger partial charge on any atom is 0.415 e. The van der Waals surface area contributed by atoms with Crippen molar-refractivity contribution in [1.82, 2.24) is 25.8 Å². The Bertz CT molecular complexity index is 4240. The van der Waals surface area contributed by atoms with E-state index >= 15 is 0 Å². The lowest BCUT2D eigenvalue weighted by Gasteiger charge is -2.38. The van der Waals surface area contributed by atoms with Gasteiger partial charge in [0.2, 0.25) is 24.0 Å². The fraction of sp³-hybridized carbons (Fsp3) is 0.494. The Hall–Kier alpha value is -9.11. The molecule has 1 aromatic heterocycles. The average Bonchev–Trinajstić information content (AvgIpc) is 1.62. The zero-order valence-corrected chi connectivity index (χ0v) is 65.5. The molecule has 0 radical (unpaired) electrons. The molecule has 1 saturated heterocycles. The first-order chi connectivity index (χ1) is 54.4. The van der Waals surface area contributed by atoms with Gasteiger partial charge in [0.05, 0.1) is 100 Å². The van der Waals surface area contributed by atoms with Crippen molar-refractivity contribution in [3.63, 3.8) is 0 Å². The normalized spacial score (nSPS) is 18.3. The number of halogens is 2. The molecule has 9 atom stereocenters. The third-order valence-corrected chi connectivity index (χ3v) is 20.6. The van der Waals surface area contributed by atoms with Crippen molar-refractivity contribution < 1.29 is 111 Å². The summed E-state index contributed by atoms with van der Waals surface area (Å²) in [6.45, 7) is 8.58. The number of urea groups is 1. The Kier molecular flexibility index (Phi) is 33.7. The molecule has 1 fully saturated rings. The molecule has 113 heavy (non-hydrogen) atoms. The highest BCUT2D eigenvalue weighted by molar-refractivity contribution is 7.16. The Morgan fingerprint density at radius 2 is 1.12 bits per heavy atom. The SMILES string of the molecule is CC(C)C(NC(=O)CCOCCOCCOCCOCCOCCOCCN)C(=O)NC(CCCNC(N)=O)C(=O)Nc1ccc(COC(=O)N(C)CCN(C)C(=O)Oc2cc3c(c4ccccc24)C(CCl)CN3C(=O)c2ccc(C(=O)N3CC(CCl)c4c3cc(OC3OC(C(=O)O)C(O)C(O)C3O)c3ccccc43)s2)cc1. The number of primary amides is 1. The van der Waals surface area contributed by atoms with E-state index in [-0.39, 0.29) is 129 Å². The molecule has 0 aliphatic carbocycles. The number of amides is 9. The first-order valence-corrected chi connectivity index (χ1v) is 38.9. The number of nitrogens with two attached hydrogens (primary N) is 2. The zero-order valence-electron chi connectivity index (χ0n) is 63.1. The van der Waals surface area contributed by atoms with Crippen molar-refractivity contribution in [3.8, 4) is 11.5 Å². The number of fused-ring (bicyclic) bond motifs is 6. The number of ether oxygens (including phenoxy) is 10. The average molecular weight is 1630 g/mol. The third kappa shape index (κ3) is 23.8. The van der Waals surface area contributed by atoms with Gasteiger partial charge in [0.15, 0.2) is 6.10 Å². The number of likely N-dealkylation sites (N-methyl/N-ethyl adjacent to an activating group) is 2. The van der Waals surface area contributed by atoms with Crippen LogP contribution >= 0.6 is 34.5 Å². The minimum atomic E-state index is -1.95. The molecule has 614 valence electrons. The summed E-state index contributed by atoms with van der Waals surface area (Å²) in [6.07, 6.45) is -10.6. The van der Waals surface area contributed by atoms with Crippen LogP contribution in [0.15, 0.2) is 97.1 Å². The number of anilines is 3. The standard InChI is InChI=1S/C77H98Cl2N10O23S/c1-45(2)64(85-61(90)21-26-103-28-30-105-32-34-107-36-37-108-35-33-106-31-29-104-27-22-80)70(95)84-54(14-9-23-82-75(81)100)69(94)83-49-17-15-46(16-18-49)44-109-76(101)86(3)24-25-87(4)77(102)111-58-39-56-63(53-13-8-6-11-51(53)58)48(41-79)43-89(56)72(97)60-20-19-59(113-60)71(96)88-42-47(40-78)62-52-12-7-5-10-50(52)57(38-55(62)88)110-74-67(93)65(91)66(92)68(112-74)73(98)99/h5-8,10-13,15-20,38-39,45,47-48,54,64-68,74,91-93H,9,14,21-37,40-44,80H2,1-4H3,(H,83,94)(H,84,95)(H,85,90)(H,98,99)(H3,81,82,100). The maximum absolute atomic E-state index is 14.8. The Morgan fingerprint density at radius 3 is 1.62 bits per heavy atom. The van der Waals surface area contributed by atoms with E-state index in [9.17, 15) is 63.6 Å². The molecule has 4 heterocycles. The number of nitrogens with one attached hydrogen (secondary N) is 4. The lowest BCUT2D eigenvalue weighted by molar-refractivity contribution is -0.270. The van der Waals surface area contributed by atoms with Crippen LogP contribution in [0.5, 0.6) is 11.5 Å². The van der Waals surface area contributed by atoms with Gasteiger partial charge in [0.25, 0.3) is 11.8 Å². The predicted octanol–water partition coefficient (Wildman–Crippen LogP) is 5.45. The first-order valence-electron chi connectivity index (χ1n) is 37.0. The van der Waals surface area contributed by atoms with Crippen molar-refractivity contribution in [3.05, 3.63) is 124 Å². The number of alkyl halides is 2. The highest BCUT2D eigenvalue weighted by Gasteiger charge is 2.49. The van der Waals surface area contributed by atoms with Gasteiger partial charge in [-0.15, -0.1) is 34.5 Å². The number of thiophene rings is 1. The Labute approximate surface area is 666 Å². The van der Waals surface area contributed by atoms with E-state index in [2.05, 4.69) is 21.3 Å². The number of aliphatic hydroxyl groups is 3. The minimum Gasteiger partial charge on any atom is -0.479 e. The topological polar surface area (TPSA) is 440 Å². The molecule has 3 aliphatic heterocycles. The predicted molar refractivity (Wildman–Crippen MR) is 418 cm³/mol. The number of rotatable bonds is 43. The summed E-state index contributed by atoms with van der Waals surface area (Å²) in [7, 11) is 2.99. The summed E-state index contributed by atoms with van der Waals surface area (Å²) in [5, 5.41) is 54.7. The van der Waals surface area contributed by atoms with Gasteiger partial charge < -0.3 is 120 Å². The van der Waals surface area contributed by atoms with Gasteiger partial charge in [-0.05, 0) is 70.5 Å². The summed E-state index contributed by atoms with van der Waals surface area (Å²) >= 11 is 14.2. The summed E-state index contributed by atoms with van der Waals surface area (Å²) in [5.41, 5.74) is 13.8. The third-order valence-electron chi connectivity index (χ3n) is 18.8. The number of nitrogens with zero attached hydrogens (tertiary/aromatic N) is 4. The monoisotopic (exact) mass is 1630 g/mol. The molecule has 5 aromatic carbocycles. The number of hydrogen-bond donors (Lipinski definition) is 10. The van der Waals surface area contributed by atoms with Gasteiger partial charge in [-0.25, -0.2) is 19.2 Å². The fourth-order valence-electron chi connectivity index (χ4n) is 12.9. The molecular formula is C77H98Cl2N10O23S. The van der Waals surface area contributed by atoms with Gasteiger partial charge in [0, 0.05) is 112 Å². The lowest BCUT2D eigenvalue weighted by Crippen LogP contribution is -2.61. The molecule has 33 nitrogen and oxygen atoms in total. The van der Waals surface area contributed by atoms with Crippen LogP contribution in [0.2, 0.25) is 0 Å². The number of carboxylic acids is 1. The number of aliphatic hydroxyl groups excluding tert-OH is 3. The van der Waals surface area contributed by atoms with Crippen LogP contribution in [0.4, 0.5) is 31.4 Å². The van der Waals surface area contributed by atoms with Crippen molar-refractivity contribution in [1.29, 1.82) is 0 Å². The van der Waals surface area contributed by atoms with E-state index in [1.54, 1.807) is 98.8 Å². The second-order valence-electron chi connectivity index (χ2n) is 27.2. The minimum absolute atomic E-state index is 0.00179. The van der Waals surface area contributed by atoms with Crippen LogP contribution in [-0.4, -0.2) is 271 Å². The van der Waals surface area contributed by atoms with Crippen molar-refractivity contribution in [2.75, 3.05) is 160 Å². The number of carboxylic acid groups (broad SMARTS) is 1. The molecule has 0 bridgehead atoms. The zero-order chi connectivity index (χ0) is 81.3. The largest absolute Gasteiger partial charge is 0.479 e. The fourth-order valence-corrected chi connectivity index (χ4v) is 14.3. The Morgan fingerprint density at radius 1 is 0.619 bits per heavy atom. The highest BCUT2D eigenvalue weighted by atomic mass is 35.5. The summed E-state index contributed by atoms with van der Waals surface area (Å²) < 4.78 is 55.9. The van der Waals surface area contributed by atoms with Gasteiger partial charge in [-0.3, -0.25) is 24.0 Å². The van der Waals surface area contributed by atoms with Crippen LogP contribution in [0.25, 0.3) is 21.5 Å². The molecule has 12 N–H and O–H groups in total. The number of hydrogen-bond acceptors (Lipinski definition) is 24. The summed E-state index contributed by atoms with van der Waals surface area (Å²) in [4.78, 5) is 127. The maximum atomic E-state index is 14.8. The van der Waals surface area contributed by atoms with Crippen molar-refractivity contribution >= 4 is 127 Å². The van der Waals surface area contributed by atoms with E-state index in [1.807, 2.05) is 12.1 Å². The van der Waals surface area contributed by atoms with E-state index in [0.29, 0.717) is 116 Å². The smallest absolute Gasteiger partial charge is 0.415 e. The van der Waals surface area contributed by atoms with E-state index in [1.165, 1.54) is 33.7 Å². The van der Waals surface area contributed by atoms with Gasteiger partial charge in [-0.1, -0.05) is 74.5 Å². The van der Waals surface area contributed by atoms with Crippen LogP contribution < -0.4 is 52.0 Å². The van der Waals surface area contributed by atoms with Gasteiger partial charge in [-0.2, -0.15) is 0 Å². The summed E-state index contributed by atoms with van der Waals surface area (Å²) in [6, 6.07) is 24.0. The van der Waals surface area contributed by atoms with Crippen LogP contribution in [0.3, 0.4) is 0 Å². The molecule has 0 saturated carbocycles. The second-order valence-corrected chi connectivity index (χ2v) is 28.9. The number of carbonyl (C=O) groups excluding carboxylic acids is 8. The van der Waals surface area contributed by atoms with Crippen LogP contribution in [0, 0.1) is 5.92 Å². The molecule has 3 aliphatic rings. The van der Waals surface area contributed by atoms with E-state index < -0.39 is 96.5 Å².